The van der Waals surface area contributed by atoms with Crippen LogP contribution in [0.3, 0.4) is 0 Å². The van der Waals surface area contributed by atoms with Gasteiger partial charge in [-0.25, -0.2) is 0 Å². The van der Waals surface area contributed by atoms with E-state index in [0.717, 1.165) is 24.2 Å². The maximum absolute atomic E-state index is 5.95. The number of furan rings is 1. The van der Waals surface area contributed by atoms with Crippen LogP contribution < -0.4 is 5.73 Å². The molecular formula is C15H21NO. The minimum atomic E-state index is 0.486. The van der Waals surface area contributed by atoms with Crippen LogP contribution in [0.5, 0.6) is 0 Å². The Morgan fingerprint density at radius 1 is 1.29 bits per heavy atom. The number of hydrogen-bond donors (Lipinski definition) is 1. The van der Waals surface area contributed by atoms with E-state index in [0.29, 0.717) is 12.5 Å². The van der Waals surface area contributed by atoms with Crippen LogP contribution in [0, 0.1) is 5.92 Å². The Hall–Kier alpha value is -1.28. The predicted octanol–water partition coefficient (Wildman–Crippen LogP) is 3.65. The lowest BCUT2D eigenvalue weighted by Gasteiger charge is -2.04. The monoisotopic (exact) mass is 231 g/mol. The minimum Gasteiger partial charge on any atom is -0.459 e. The van der Waals surface area contributed by atoms with Crippen molar-refractivity contribution in [1.82, 2.24) is 0 Å². The summed E-state index contributed by atoms with van der Waals surface area (Å²) in [5.74, 6) is 1.57. The lowest BCUT2D eigenvalue weighted by Crippen LogP contribution is -2.01. The Labute approximate surface area is 103 Å². The smallest absolute Gasteiger partial charge is 0.137 e. The topological polar surface area (TPSA) is 39.2 Å². The average molecular weight is 231 g/mol. The normalized spacial score (nSPS) is 11.6. The number of rotatable bonds is 4. The maximum atomic E-state index is 5.95. The third-order valence-corrected chi connectivity index (χ3v) is 3.16. The van der Waals surface area contributed by atoms with Gasteiger partial charge in [-0.15, -0.1) is 0 Å². The zero-order chi connectivity index (χ0) is 12.4. The quantitative estimate of drug-likeness (QED) is 0.872. The molecule has 2 rings (SSSR count). The average Bonchev–Trinajstić information content (AvgIpc) is 2.66. The van der Waals surface area contributed by atoms with E-state index in [-0.39, 0.29) is 0 Å². The fraction of sp³-hybridized carbons (Fsp3) is 0.467. The van der Waals surface area contributed by atoms with Crippen molar-refractivity contribution in [3.05, 3.63) is 35.1 Å². The molecule has 92 valence electrons. The number of benzene rings is 1. The van der Waals surface area contributed by atoms with Gasteiger partial charge < -0.3 is 10.2 Å². The molecule has 0 fully saturated rings. The van der Waals surface area contributed by atoms with Crippen LogP contribution in [0.15, 0.2) is 22.6 Å². The van der Waals surface area contributed by atoms with Crippen LogP contribution in [0.2, 0.25) is 0 Å². The number of aryl methyl sites for hydroxylation is 1. The van der Waals surface area contributed by atoms with E-state index in [1.807, 2.05) is 0 Å². The summed E-state index contributed by atoms with van der Waals surface area (Å²) in [5.41, 5.74) is 9.39. The highest BCUT2D eigenvalue weighted by atomic mass is 16.3. The SMILES string of the molecule is CCc1cccc2c(CC(C)C)c(CN)oc12. The summed E-state index contributed by atoms with van der Waals surface area (Å²) in [5, 5.41) is 1.25. The molecule has 0 saturated carbocycles. The highest BCUT2D eigenvalue weighted by Gasteiger charge is 2.15. The molecule has 0 aliphatic heterocycles. The Balaban J connectivity index is 2.63. The van der Waals surface area contributed by atoms with Crippen molar-refractivity contribution in [2.24, 2.45) is 11.7 Å². The molecule has 0 aliphatic carbocycles. The standard InChI is InChI=1S/C15H21NO/c1-4-11-6-5-7-12-13(8-10(2)3)14(9-16)17-15(11)12/h5-7,10H,4,8-9,16H2,1-3H3. The maximum Gasteiger partial charge on any atom is 0.137 e. The van der Waals surface area contributed by atoms with E-state index in [1.165, 1.54) is 16.5 Å². The molecule has 1 heterocycles. The van der Waals surface area contributed by atoms with Crippen molar-refractivity contribution in [3.63, 3.8) is 0 Å². The van der Waals surface area contributed by atoms with Gasteiger partial charge in [-0.1, -0.05) is 39.0 Å². The number of para-hydroxylation sites is 1. The fourth-order valence-corrected chi connectivity index (χ4v) is 2.35. The number of nitrogens with two attached hydrogens (primary N) is 1. The lowest BCUT2D eigenvalue weighted by atomic mass is 9.98. The second-order valence-electron chi connectivity index (χ2n) is 4.95. The van der Waals surface area contributed by atoms with Gasteiger partial charge in [-0.05, 0) is 24.3 Å². The molecule has 2 N–H and O–H groups in total. The van der Waals surface area contributed by atoms with E-state index < -0.39 is 0 Å². The Bertz CT molecular complexity index is 511. The van der Waals surface area contributed by atoms with Gasteiger partial charge in [0.25, 0.3) is 0 Å². The molecule has 0 aliphatic rings. The van der Waals surface area contributed by atoms with Gasteiger partial charge in [0.2, 0.25) is 0 Å². The molecule has 17 heavy (non-hydrogen) atoms. The highest BCUT2D eigenvalue weighted by molar-refractivity contribution is 5.85. The summed E-state index contributed by atoms with van der Waals surface area (Å²) in [4.78, 5) is 0. The molecule has 0 unspecified atom stereocenters. The van der Waals surface area contributed by atoms with Gasteiger partial charge in [-0.2, -0.15) is 0 Å². The molecule has 1 aromatic carbocycles. The van der Waals surface area contributed by atoms with Gasteiger partial charge in [0, 0.05) is 10.9 Å². The first-order chi connectivity index (χ1) is 8.17. The molecule has 2 nitrogen and oxygen atoms in total. The molecule has 2 aromatic rings. The van der Waals surface area contributed by atoms with E-state index >= 15 is 0 Å². The molecule has 0 amide bonds. The van der Waals surface area contributed by atoms with Crippen molar-refractivity contribution in [1.29, 1.82) is 0 Å². The molecule has 0 radical (unpaired) electrons. The van der Waals surface area contributed by atoms with Crippen molar-refractivity contribution in [2.45, 2.75) is 40.2 Å². The lowest BCUT2D eigenvalue weighted by molar-refractivity contribution is 0.533. The summed E-state index contributed by atoms with van der Waals surface area (Å²) < 4.78 is 5.95. The molecule has 2 heteroatoms. The summed E-state index contributed by atoms with van der Waals surface area (Å²) in [6.07, 6.45) is 2.03. The third kappa shape index (κ3) is 2.22. The second kappa shape index (κ2) is 4.92. The van der Waals surface area contributed by atoms with Crippen molar-refractivity contribution >= 4 is 11.0 Å². The molecule has 0 bridgehead atoms. The van der Waals surface area contributed by atoms with E-state index in [4.69, 9.17) is 10.2 Å². The summed E-state index contributed by atoms with van der Waals surface area (Å²) >= 11 is 0. The van der Waals surface area contributed by atoms with Crippen molar-refractivity contribution < 1.29 is 4.42 Å². The predicted molar refractivity (Wildman–Crippen MR) is 72.0 cm³/mol. The zero-order valence-corrected chi connectivity index (χ0v) is 10.9. The number of fused-ring (bicyclic) bond motifs is 1. The van der Waals surface area contributed by atoms with Gasteiger partial charge in [0.15, 0.2) is 0 Å². The first-order valence-corrected chi connectivity index (χ1v) is 6.39. The van der Waals surface area contributed by atoms with Crippen LogP contribution >= 0.6 is 0 Å². The first kappa shape index (κ1) is 12.2. The van der Waals surface area contributed by atoms with E-state index in [9.17, 15) is 0 Å². The summed E-state index contributed by atoms with van der Waals surface area (Å²) in [6, 6.07) is 6.39. The van der Waals surface area contributed by atoms with Crippen LogP contribution in [-0.4, -0.2) is 0 Å². The third-order valence-electron chi connectivity index (χ3n) is 3.16. The van der Waals surface area contributed by atoms with Gasteiger partial charge in [0.05, 0.1) is 6.54 Å². The largest absolute Gasteiger partial charge is 0.459 e. The van der Waals surface area contributed by atoms with E-state index in [2.05, 4.69) is 39.0 Å². The first-order valence-electron chi connectivity index (χ1n) is 6.39. The van der Waals surface area contributed by atoms with Crippen LogP contribution in [0.4, 0.5) is 0 Å². The Morgan fingerprint density at radius 3 is 2.65 bits per heavy atom. The molecule has 0 spiro atoms. The van der Waals surface area contributed by atoms with Gasteiger partial charge in [0.1, 0.15) is 11.3 Å². The molecule has 0 saturated heterocycles. The summed E-state index contributed by atoms with van der Waals surface area (Å²) in [6.45, 7) is 7.09. The highest BCUT2D eigenvalue weighted by Crippen LogP contribution is 2.30. The van der Waals surface area contributed by atoms with Crippen LogP contribution in [0.25, 0.3) is 11.0 Å². The van der Waals surface area contributed by atoms with E-state index in [1.54, 1.807) is 0 Å². The molecule has 0 atom stereocenters. The minimum absolute atomic E-state index is 0.486. The van der Waals surface area contributed by atoms with Gasteiger partial charge in [-0.3, -0.25) is 0 Å². The fourth-order valence-electron chi connectivity index (χ4n) is 2.35. The van der Waals surface area contributed by atoms with Crippen LogP contribution in [-0.2, 0) is 19.4 Å². The zero-order valence-electron chi connectivity index (χ0n) is 10.9. The summed E-state index contributed by atoms with van der Waals surface area (Å²) in [7, 11) is 0. The van der Waals surface area contributed by atoms with Crippen molar-refractivity contribution in [2.75, 3.05) is 0 Å². The van der Waals surface area contributed by atoms with Crippen molar-refractivity contribution in [3.8, 4) is 0 Å². The Morgan fingerprint density at radius 2 is 2.06 bits per heavy atom. The second-order valence-corrected chi connectivity index (χ2v) is 4.95. The van der Waals surface area contributed by atoms with Gasteiger partial charge >= 0.3 is 0 Å². The van der Waals surface area contributed by atoms with Crippen LogP contribution in [0.1, 0.15) is 37.7 Å². The molecule has 1 aromatic heterocycles. The molecular weight excluding hydrogens is 210 g/mol. The Kier molecular flexibility index (Phi) is 3.53. The number of hydrogen-bond acceptors (Lipinski definition) is 2.